The van der Waals surface area contributed by atoms with Crippen molar-refractivity contribution >= 4 is 0 Å². The predicted molar refractivity (Wildman–Crippen MR) is 81.8 cm³/mol. The summed E-state index contributed by atoms with van der Waals surface area (Å²) >= 11 is 0. The van der Waals surface area contributed by atoms with Gasteiger partial charge >= 0.3 is 0 Å². The van der Waals surface area contributed by atoms with E-state index in [2.05, 4.69) is 24.1 Å². The number of hydrogen-bond donors (Lipinski definition) is 1. The molecule has 1 atom stereocenters. The van der Waals surface area contributed by atoms with Gasteiger partial charge in [-0.15, -0.1) is 0 Å². The van der Waals surface area contributed by atoms with Crippen molar-refractivity contribution in [2.45, 2.75) is 33.2 Å². The Labute approximate surface area is 122 Å². The molecule has 1 aromatic rings. The molecule has 0 saturated heterocycles. The standard InChI is InChI=1S/C16H27FN2O/c1-5-18-14(11-12-19(6-2)7-3)13-9-8-10-15(20-4)16(13)17/h8-10,14,18H,5-7,11-12H2,1-4H3. The summed E-state index contributed by atoms with van der Waals surface area (Å²) in [5.74, 6) is 0.0636. The van der Waals surface area contributed by atoms with E-state index in [1.165, 1.54) is 7.11 Å². The van der Waals surface area contributed by atoms with Gasteiger partial charge in [0.05, 0.1) is 7.11 Å². The molecule has 0 aliphatic rings. The Hall–Kier alpha value is -1.13. The van der Waals surface area contributed by atoms with Gasteiger partial charge in [-0.1, -0.05) is 32.9 Å². The zero-order chi connectivity index (χ0) is 15.0. The molecule has 1 aromatic carbocycles. The van der Waals surface area contributed by atoms with Crippen LogP contribution in [0.3, 0.4) is 0 Å². The van der Waals surface area contributed by atoms with Gasteiger partial charge in [0.25, 0.3) is 0 Å². The Morgan fingerprint density at radius 2 is 1.95 bits per heavy atom. The van der Waals surface area contributed by atoms with Crippen molar-refractivity contribution in [1.29, 1.82) is 0 Å². The second-order valence-corrected chi connectivity index (χ2v) is 4.79. The van der Waals surface area contributed by atoms with Gasteiger partial charge in [-0.25, -0.2) is 4.39 Å². The lowest BCUT2D eigenvalue weighted by atomic mass is 10.0. The van der Waals surface area contributed by atoms with Gasteiger partial charge in [0, 0.05) is 11.6 Å². The lowest BCUT2D eigenvalue weighted by Crippen LogP contribution is -2.30. The molecule has 0 saturated carbocycles. The van der Waals surface area contributed by atoms with Crippen LogP contribution in [0.5, 0.6) is 5.75 Å². The number of nitrogens with one attached hydrogen (secondary N) is 1. The van der Waals surface area contributed by atoms with Crippen LogP contribution in [0.25, 0.3) is 0 Å². The first-order chi connectivity index (χ1) is 9.67. The van der Waals surface area contributed by atoms with Crippen LogP contribution in [-0.2, 0) is 0 Å². The van der Waals surface area contributed by atoms with Crippen molar-refractivity contribution in [2.75, 3.05) is 33.3 Å². The van der Waals surface area contributed by atoms with Gasteiger partial charge in [0.2, 0.25) is 0 Å². The first-order valence-electron chi connectivity index (χ1n) is 7.45. The Bertz CT molecular complexity index is 394. The second kappa shape index (κ2) is 8.93. The van der Waals surface area contributed by atoms with Crippen LogP contribution >= 0.6 is 0 Å². The zero-order valence-corrected chi connectivity index (χ0v) is 13.1. The van der Waals surface area contributed by atoms with E-state index >= 15 is 0 Å². The van der Waals surface area contributed by atoms with E-state index in [9.17, 15) is 4.39 Å². The van der Waals surface area contributed by atoms with Crippen LogP contribution in [0.2, 0.25) is 0 Å². The summed E-state index contributed by atoms with van der Waals surface area (Å²) < 4.78 is 19.4. The molecule has 0 amide bonds. The molecule has 4 heteroatoms. The number of ether oxygens (including phenoxy) is 1. The van der Waals surface area contributed by atoms with Crippen LogP contribution < -0.4 is 10.1 Å². The minimum atomic E-state index is -0.250. The molecular formula is C16H27FN2O. The minimum absolute atomic E-state index is 0.0238. The summed E-state index contributed by atoms with van der Waals surface area (Å²) in [6.45, 7) is 10.2. The normalized spacial score (nSPS) is 12.7. The molecular weight excluding hydrogens is 255 g/mol. The summed E-state index contributed by atoms with van der Waals surface area (Å²) in [7, 11) is 1.50. The molecule has 0 spiro atoms. The average Bonchev–Trinajstić information content (AvgIpc) is 2.47. The van der Waals surface area contributed by atoms with E-state index in [1.54, 1.807) is 6.07 Å². The molecule has 0 heterocycles. The van der Waals surface area contributed by atoms with Crippen LogP contribution in [0.1, 0.15) is 38.8 Å². The summed E-state index contributed by atoms with van der Waals surface area (Å²) in [4.78, 5) is 2.35. The zero-order valence-electron chi connectivity index (χ0n) is 13.1. The van der Waals surface area contributed by atoms with Crippen molar-refractivity contribution in [1.82, 2.24) is 10.2 Å². The summed E-state index contributed by atoms with van der Waals surface area (Å²) in [5.41, 5.74) is 0.693. The molecule has 1 unspecified atom stereocenters. The van der Waals surface area contributed by atoms with Gasteiger partial charge in [0.1, 0.15) is 0 Å². The fourth-order valence-corrected chi connectivity index (χ4v) is 2.42. The highest BCUT2D eigenvalue weighted by Crippen LogP contribution is 2.27. The number of methoxy groups -OCH3 is 1. The highest BCUT2D eigenvalue weighted by atomic mass is 19.1. The topological polar surface area (TPSA) is 24.5 Å². The van der Waals surface area contributed by atoms with Crippen LogP contribution in [0.4, 0.5) is 4.39 Å². The molecule has 20 heavy (non-hydrogen) atoms. The molecule has 0 aromatic heterocycles. The Balaban J connectivity index is 2.85. The van der Waals surface area contributed by atoms with Gasteiger partial charge in [0.15, 0.2) is 11.6 Å². The molecule has 0 aliphatic heterocycles. The summed E-state index contributed by atoms with van der Waals surface area (Å²) in [6.07, 6.45) is 0.888. The van der Waals surface area contributed by atoms with E-state index in [0.29, 0.717) is 11.3 Å². The fourth-order valence-electron chi connectivity index (χ4n) is 2.42. The molecule has 0 bridgehead atoms. The minimum Gasteiger partial charge on any atom is -0.494 e. The van der Waals surface area contributed by atoms with Crippen molar-refractivity contribution in [3.63, 3.8) is 0 Å². The van der Waals surface area contributed by atoms with E-state index in [4.69, 9.17) is 4.74 Å². The number of halogens is 1. The fraction of sp³-hybridized carbons (Fsp3) is 0.625. The number of hydrogen-bond acceptors (Lipinski definition) is 3. The maximum Gasteiger partial charge on any atom is 0.169 e. The van der Waals surface area contributed by atoms with E-state index < -0.39 is 0 Å². The van der Waals surface area contributed by atoms with Gasteiger partial charge in [-0.3, -0.25) is 0 Å². The SMILES string of the molecule is CCNC(CCN(CC)CC)c1cccc(OC)c1F. The third-order valence-electron chi connectivity index (χ3n) is 3.67. The van der Waals surface area contributed by atoms with Crippen LogP contribution in [-0.4, -0.2) is 38.2 Å². The maximum atomic E-state index is 14.4. The molecule has 0 radical (unpaired) electrons. The van der Waals surface area contributed by atoms with E-state index in [-0.39, 0.29) is 11.9 Å². The number of rotatable bonds is 9. The van der Waals surface area contributed by atoms with Gasteiger partial charge < -0.3 is 15.0 Å². The molecule has 3 nitrogen and oxygen atoms in total. The molecule has 114 valence electrons. The van der Waals surface area contributed by atoms with Gasteiger partial charge in [-0.2, -0.15) is 0 Å². The second-order valence-electron chi connectivity index (χ2n) is 4.79. The van der Waals surface area contributed by atoms with Crippen molar-refractivity contribution in [3.05, 3.63) is 29.6 Å². The largest absolute Gasteiger partial charge is 0.494 e. The highest BCUT2D eigenvalue weighted by molar-refractivity contribution is 5.33. The summed E-state index contributed by atoms with van der Waals surface area (Å²) in [6, 6.07) is 5.37. The molecule has 1 rings (SSSR count). The Kier molecular flexibility index (Phi) is 7.55. The van der Waals surface area contributed by atoms with E-state index in [1.807, 2.05) is 19.1 Å². The van der Waals surface area contributed by atoms with Crippen LogP contribution in [0.15, 0.2) is 18.2 Å². The number of nitrogens with zero attached hydrogens (tertiary/aromatic N) is 1. The van der Waals surface area contributed by atoms with Crippen molar-refractivity contribution in [3.8, 4) is 5.75 Å². The number of benzene rings is 1. The predicted octanol–water partition coefficient (Wildman–Crippen LogP) is 3.22. The quantitative estimate of drug-likeness (QED) is 0.752. The van der Waals surface area contributed by atoms with Gasteiger partial charge in [-0.05, 0) is 38.7 Å². The lowest BCUT2D eigenvalue weighted by Gasteiger charge is -2.24. The molecule has 0 aliphatic carbocycles. The maximum absolute atomic E-state index is 14.4. The van der Waals surface area contributed by atoms with Crippen molar-refractivity contribution < 1.29 is 9.13 Å². The Morgan fingerprint density at radius 3 is 2.50 bits per heavy atom. The molecule has 1 N–H and O–H groups in total. The smallest absolute Gasteiger partial charge is 0.169 e. The Morgan fingerprint density at radius 1 is 1.25 bits per heavy atom. The third-order valence-corrected chi connectivity index (χ3v) is 3.67. The average molecular weight is 282 g/mol. The van der Waals surface area contributed by atoms with E-state index in [0.717, 1.165) is 32.6 Å². The first kappa shape index (κ1) is 16.9. The highest BCUT2D eigenvalue weighted by Gasteiger charge is 2.18. The first-order valence-corrected chi connectivity index (χ1v) is 7.45. The summed E-state index contributed by atoms with van der Waals surface area (Å²) in [5, 5.41) is 3.37. The van der Waals surface area contributed by atoms with Crippen LogP contribution in [0, 0.1) is 5.82 Å². The monoisotopic (exact) mass is 282 g/mol. The molecule has 0 fully saturated rings. The van der Waals surface area contributed by atoms with Crippen molar-refractivity contribution in [2.24, 2.45) is 0 Å². The third kappa shape index (κ3) is 4.46. The lowest BCUT2D eigenvalue weighted by molar-refractivity contribution is 0.280.